The Morgan fingerprint density at radius 1 is 1.25 bits per heavy atom. The normalized spacial score (nSPS) is 10.2. The first-order valence-corrected chi connectivity index (χ1v) is 6.76. The van der Waals surface area contributed by atoms with Crippen LogP contribution in [0.25, 0.3) is 0 Å². The highest BCUT2D eigenvalue weighted by atomic mass is 16.1. The highest BCUT2D eigenvalue weighted by Gasteiger charge is 2.04. The van der Waals surface area contributed by atoms with Crippen molar-refractivity contribution in [3.05, 3.63) is 42.2 Å². The average Bonchev–Trinajstić information content (AvgIpc) is 2.99. The van der Waals surface area contributed by atoms with E-state index in [2.05, 4.69) is 27.9 Å². The monoisotopic (exact) mass is 273 g/mol. The smallest absolute Gasteiger partial charge is 0.251 e. The molecule has 0 radical (unpaired) electrons. The number of nitrogens with one attached hydrogen (secondary N) is 2. The first-order chi connectivity index (χ1) is 9.79. The van der Waals surface area contributed by atoms with E-state index in [1.165, 1.54) is 0 Å². The quantitative estimate of drug-likeness (QED) is 0.802. The van der Waals surface area contributed by atoms with Crippen LogP contribution >= 0.6 is 0 Å². The lowest BCUT2D eigenvalue weighted by Crippen LogP contribution is -2.27. The fourth-order valence-electron chi connectivity index (χ4n) is 1.75. The summed E-state index contributed by atoms with van der Waals surface area (Å²) in [6.45, 7) is 4.19. The Bertz CT molecular complexity index is 521. The molecule has 2 rings (SSSR count). The zero-order chi connectivity index (χ0) is 14.2. The molecule has 2 aromatic rings. The summed E-state index contributed by atoms with van der Waals surface area (Å²) in [4.78, 5) is 11.9. The summed E-state index contributed by atoms with van der Waals surface area (Å²) in [6, 6.07) is 7.48. The van der Waals surface area contributed by atoms with Gasteiger partial charge in [-0.05, 0) is 30.7 Å². The second-order valence-corrected chi connectivity index (χ2v) is 4.43. The maximum atomic E-state index is 11.9. The maximum Gasteiger partial charge on any atom is 0.251 e. The van der Waals surface area contributed by atoms with Gasteiger partial charge in [-0.1, -0.05) is 12.1 Å². The van der Waals surface area contributed by atoms with E-state index in [1.807, 2.05) is 24.3 Å². The van der Waals surface area contributed by atoms with E-state index in [-0.39, 0.29) is 5.91 Å². The summed E-state index contributed by atoms with van der Waals surface area (Å²) in [7, 11) is 0. The Morgan fingerprint density at radius 2 is 2.05 bits per heavy atom. The lowest BCUT2D eigenvalue weighted by molar-refractivity contribution is 0.0952. The zero-order valence-electron chi connectivity index (χ0n) is 11.5. The van der Waals surface area contributed by atoms with Crippen molar-refractivity contribution in [2.24, 2.45) is 0 Å². The minimum absolute atomic E-state index is 0.0767. The van der Waals surface area contributed by atoms with Crippen molar-refractivity contribution in [1.82, 2.24) is 20.3 Å². The number of aromatic nitrogens is 3. The molecular formula is C14H19N5O. The van der Waals surface area contributed by atoms with Crippen molar-refractivity contribution >= 4 is 11.6 Å². The molecule has 1 aromatic carbocycles. The van der Waals surface area contributed by atoms with Crippen LogP contribution in [0.4, 0.5) is 5.69 Å². The van der Waals surface area contributed by atoms with Crippen LogP contribution in [-0.2, 0) is 6.54 Å². The highest BCUT2D eigenvalue weighted by Crippen LogP contribution is 2.09. The molecule has 20 heavy (non-hydrogen) atoms. The van der Waals surface area contributed by atoms with Crippen LogP contribution in [0.3, 0.4) is 0 Å². The topological polar surface area (TPSA) is 71.8 Å². The number of hydrogen-bond acceptors (Lipinski definition) is 4. The van der Waals surface area contributed by atoms with Crippen LogP contribution in [0.1, 0.15) is 23.7 Å². The molecule has 6 heteroatoms. The Hall–Kier alpha value is -2.37. The second kappa shape index (κ2) is 7.28. The largest absolute Gasteiger partial charge is 0.385 e. The zero-order valence-corrected chi connectivity index (χ0v) is 11.5. The predicted molar refractivity (Wildman–Crippen MR) is 77.6 cm³/mol. The molecule has 1 aromatic heterocycles. The van der Waals surface area contributed by atoms with E-state index < -0.39 is 0 Å². The number of nitrogens with zero attached hydrogens (tertiary/aromatic N) is 3. The summed E-state index contributed by atoms with van der Waals surface area (Å²) in [6.07, 6.45) is 4.45. The Balaban J connectivity index is 1.79. The van der Waals surface area contributed by atoms with Crippen molar-refractivity contribution in [2.75, 3.05) is 18.4 Å². The van der Waals surface area contributed by atoms with Gasteiger partial charge in [-0.3, -0.25) is 9.48 Å². The molecular weight excluding hydrogens is 254 g/mol. The molecule has 6 nitrogen and oxygen atoms in total. The van der Waals surface area contributed by atoms with E-state index in [4.69, 9.17) is 0 Å². The van der Waals surface area contributed by atoms with Gasteiger partial charge in [-0.15, -0.1) is 5.10 Å². The molecule has 0 fully saturated rings. The minimum Gasteiger partial charge on any atom is -0.385 e. The molecule has 0 saturated heterocycles. The molecule has 0 spiro atoms. The molecule has 106 valence electrons. The molecule has 0 aliphatic rings. The van der Waals surface area contributed by atoms with Gasteiger partial charge in [0.1, 0.15) is 0 Å². The molecule has 1 heterocycles. The highest BCUT2D eigenvalue weighted by molar-refractivity contribution is 5.94. The number of hydrogen-bond donors (Lipinski definition) is 2. The van der Waals surface area contributed by atoms with Crippen molar-refractivity contribution < 1.29 is 4.79 Å². The van der Waals surface area contributed by atoms with Gasteiger partial charge < -0.3 is 10.6 Å². The standard InChI is InChI=1S/C14H19N5O/c1-2-7-15-13-5-3-12(4-6-13)14(20)16-8-10-19-11-9-17-18-19/h3-6,9,11,15H,2,7-8,10H2,1H3,(H,16,20). The van der Waals surface area contributed by atoms with Gasteiger partial charge >= 0.3 is 0 Å². The van der Waals surface area contributed by atoms with Crippen molar-refractivity contribution in [3.63, 3.8) is 0 Å². The Morgan fingerprint density at radius 3 is 2.70 bits per heavy atom. The fraction of sp³-hybridized carbons (Fsp3) is 0.357. The summed E-state index contributed by atoms with van der Waals surface area (Å²) in [5.41, 5.74) is 1.69. The Kier molecular flexibility index (Phi) is 5.11. The molecule has 0 saturated carbocycles. The van der Waals surface area contributed by atoms with E-state index in [0.717, 1.165) is 18.7 Å². The minimum atomic E-state index is -0.0767. The van der Waals surface area contributed by atoms with E-state index in [0.29, 0.717) is 18.7 Å². The average molecular weight is 273 g/mol. The first kappa shape index (κ1) is 14.0. The predicted octanol–water partition coefficient (Wildman–Crippen LogP) is 1.53. The van der Waals surface area contributed by atoms with Gasteiger partial charge in [0.2, 0.25) is 0 Å². The number of amides is 1. The van der Waals surface area contributed by atoms with Crippen LogP contribution in [0.2, 0.25) is 0 Å². The summed E-state index contributed by atoms with van der Waals surface area (Å²) in [5, 5.41) is 13.7. The van der Waals surface area contributed by atoms with E-state index >= 15 is 0 Å². The molecule has 0 unspecified atom stereocenters. The van der Waals surface area contributed by atoms with Gasteiger partial charge in [-0.25, -0.2) is 0 Å². The van der Waals surface area contributed by atoms with E-state index in [9.17, 15) is 4.79 Å². The maximum absolute atomic E-state index is 11.9. The third kappa shape index (κ3) is 4.08. The number of carbonyl (C=O) groups is 1. The number of rotatable bonds is 7. The van der Waals surface area contributed by atoms with E-state index in [1.54, 1.807) is 17.1 Å². The summed E-state index contributed by atoms with van der Waals surface area (Å²) >= 11 is 0. The van der Waals surface area contributed by atoms with Gasteiger partial charge in [0.15, 0.2) is 0 Å². The second-order valence-electron chi connectivity index (χ2n) is 4.43. The lowest BCUT2D eigenvalue weighted by Gasteiger charge is -2.07. The van der Waals surface area contributed by atoms with Gasteiger partial charge in [-0.2, -0.15) is 0 Å². The molecule has 0 aliphatic heterocycles. The van der Waals surface area contributed by atoms with Gasteiger partial charge in [0.25, 0.3) is 5.91 Å². The molecule has 2 N–H and O–H groups in total. The number of anilines is 1. The van der Waals surface area contributed by atoms with Crippen LogP contribution in [0, 0.1) is 0 Å². The third-order valence-corrected chi connectivity index (χ3v) is 2.82. The van der Waals surface area contributed by atoms with Crippen molar-refractivity contribution in [3.8, 4) is 0 Å². The summed E-state index contributed by atoms with van der Waals surface area (Å²) in [5.74, 6) is -0.0767. The van der Waals surface area contributed by atoms with Crippen LogP contribution in [0.5, 0.6) is 0 Å². The SMILES string of the molecule is CCCNc1ccc(C(=O)NCCn2ccnn2)cc1. The van der Waals surface area contributed by atoms with Crippen LogP contribution < -0.4 is 10.6 Å². The number of carbonyl (C=O) groups excluding carboxylic acids is 1. The molecule has 0 aliphatic carbocycles. The first-order valence-electron chi connectivity index (χ1n) is 6.76. The fourth-order valence-corrected chi connectivity index (χ4v) is 1.75. The molecule has 0 bridgehead atoms. The molecule has 1 amide bonds. The Labute approximate surface area is 118 Å². The lowest BCUT2D eigenvalue weighted by atomic mass is 10.2. The van der Waals surface area contributed by atoms with Crippen molar-refractivity contribution in [1.29, 1.82) is 0 Å². The third-order valence-electron chi connectivity index (χ3n) is 2.82. The number of benzene rings is 1. The van der Waals surface area contributed by atoms with Crippen LogP contribution in [-0.4, -0.2) is 34.0 Å². The van der Waals surface area contributed by atoms with Crippen molar-refractivity contribution in [2.45, 2.75) is 19.9 Å². The van der Waals surface area contributed by atoms with Gasteiger partial charge in [0.05, 0.1) is 12.7 Å². The summed E-state index contributed by atoms with van der Waals surface area (Å²) < 4.78 is 1.68. The van der Waals surface area contributed by atoms with Crippen LogP contribution in [0.15, 0.2) is 36.7 Å². The molecule has 0 atom stereocenters. The van der Waals surface area contributed by atoms with Gasteiger partial charge in [0, 0.05) is 30.5 Å².